The van der Waals surface area contributed by atoms with Crippen molar-refractivity contribution in [1.82, 2.24) is 60.4 Å². The molecule has 8 rings (SSSR count). The smallest absolute Gasteiger partial charge is 0.233 e. The van der Waals surface area contributed by atoms with Crippen molar-refractivity contribution in [3.05, 3.63) is 136 Å². The minimum Gasteiger partial charge on any atom is -0.480 e. The van der Waals surface area contributed by atoms with Crippen LogP contribution in [0, 0.1) is 0 Å². The Kier molecular flexibility index (Phi) is 14.1. The zero-order chi connectivity index (χ0) is 41.8. The van der Waals surface area contributed by atoms with E-state index in [0.29, 0.717) is 46.6 Å². The molecule has 0 aliphatic heterocycles. The van der Waals surface area contributed by atoms with Crippen molar-refractivity contribution in [3.63, 3.8) is 0 Å². The first kappa shape index (κ1) is 41.9. The van der Waals surface area contributed by atoms with Gasteiger partial charge in [-0.3, -0.25) is 4.57 Å². The summed E-state index contributed by atoms with van der Waals surface area (Å²) in [6.07, 6.45) is 5.98. The number of ether oxygens (including phenoxy) is 1. The molecule has 8 aromatic rings. The Morgan fingerprint density at radius 1 is 0.600 bits per heavy atom. The van der Waals surface area contributed by atoms with Crippen LogP contribution in [0.25, 0.3) is 45.0 Å². The van der Waals surface area contributed by atoms with Gasteiger partial charge in [0.2, 0.25) is 17.5 Å². The molecule has 0 bridgehead atoms. The summed E-state index contributed by atoms with van der Waals surface area (Å²) in [6, 6.07) is 32.8. The van der Waals surface area contributed by atoms with E-state index in [1.165, 1.54) is 0 Å². The maximum absolute atomic E-state index is 9.77. The molecular formula is C44H46Cl2N12O2. The highest BCUT2D eigenvalue weighted by Crippen LogP contribution is 2.33. The number of aromatic amines is 2. The molecule has 308 valence electrons. The number of nitrogens with zero attached hydrogens (tertiary/aromatic N) is 10. The third-order valence-corrected chi connectivity index (χ3v) is 10.7. The van der Waals surface area contributed by atoms with Gasteiger partial charge in [-0.2, -0.15) is 10.4 Å². The molecule has 0 saturated heterocycles. The Bertz CT molecular complexity index is 2390. The van der Waals surface area contributed by atoms with Crippen molar-refractivity contribution in [1.29, 1.82) is 0 Å². The van der Waals surface area contributed by atoms with Crippen LogP contribution in [0.2, 0.25) is 10.3 Å². The summed E-state index contributed by atoms with van der Waals surface area (Å²) in [6.45, 7) is 5.44. The van der Waals surface area contributed by atoms with Crippen LogP contribution in [-0.2, 0) is 32.5 Å². The summed E-state index contributed by atoms with van der Waals surface area (Å²) in [5, 5.41) is 39.4. The maximum Gasteiger partial charge on any atom is 0.233 e. The number of methoxy groups -OCH3 is 1. The van der Waals surface area contributed by atoms with E-state index in [0.717, 1.165) is 94.7 Å². The first-order valence-electron chi connectivity index (χ1n) is 19.9. The van der Waals surface area contributed by atoms with E-state index in [2.05, 4.69) is 124 Å². The van der Waals surface area contributed by atoms with Crippen molar-refractivity contribution < 1.29 is 9.84 Å². The van der Waals surface area contributed by atoms with Crippen LogP contribution in [0.5, 0.6) is 5.88 Å². The minimum absolute atomic E-state index is 0.131. The molecule has 14 nitrogen and oxygen atoms in total. The second-order valence-electron chi connectivity index (χ2n) is 14.1. The van der Waals surface area contributed by atoms with Gasteiger partial charge < -0.3 is 14.4 Å². The lowest BCUT2D eigenvalue weighted by Gasteiger charge is -2.12. The number of hydrogen-bond donors (Lipinski definition) is 3. The highest BCUT2D eigenvalue weighted by Gasteiger charge is 2.18. The predicted molar refractivity (Wildman–Crippen MR) is 232 cm³/mol. The number of unbranched alkanes of at least 4 members (excludes halogenated alkanes) is 2. The van der Waals surface area contributed by atoms with Crippen LogP contribution >= 0.6 is 23.2 Å². The number of H-pyrrole nitrogens is 2. The largest absolute Gasteiger partial charge is 0.480 e. The summed E-state index contributed by atoms with van der Waals surface area (Å²) in [5.41, 5.74) is 9.01. The average Bonchev–Trinajstić information content (AvgIpc) is 4.12. The SMILES string of the molecule is CCCCc1nc(Cl)c(CO)n1Cc1ccc(-c2ccccc2-c2nn[nH]n2)cc1.CCCCc1nc(Cl)c(OC)n1Cc1ccc(-c2ccccc2-c2nn[nH]n2)cc1. The lowest BCUT2D eigenvalue weighted by molar-refractivity contribution is 0.271. The molecule has 4 aromatic heterocycles. The predicted octanol–water partition coefficient (Wildman–Crippen LogP) is 9.05. The molecule has 4 aromatic carbocycles. The van der Waals surface area contributed by atoms with Crippen LogP contribution in [0.4, 0.5) is 0 Å². The molecular weight excluding hydrogens is 799 g/mol. The van der Waals surface area contributed by atoms with E-state index in [4.69, 9.17) is 27.9 Å². The van der Waals surface area contributed by atoms with Crippen LogP contribution in [0.3, 0.4) is 0 Å². The molecule has 0 radical (unpaired) electrons. The molecule has 3 N–H and O–H groups in total. The van der Waals surface area contributed by atoms with Crippen molar-refractivity contribution in [2.45, 2.75) is 72.1 Å². The lowest BCUT2D eigenvalue weighted by atomic mass is 9.98. The average molecular weight is 846 g/mol. The molecule has 4 heterocycles. The third kappa shape index (κ3) is 9.63. The fourth-order valence-corrected chi connectivity index (χ4v) is 7.59. The molecule has 0 amide bonds. The van der Waals surface area contributed by atoms with Gasteiger partial charge in [-0.05, 0) is 56.6 Å². The normalized spacial score (nSPS) is 11.1. The standard InChI is InChI=1S/2C22H23ClN6O/c1-3-4-9-19-24-20(23)22(30-2)29(19)14-15-10-12-16(13-11-15)17-7-5-6-8-18(17)21-25-27-28-26-21;1-2-3-8-20-24-21(23)19(14-30)29(20)13-15-9-11-16(12-10-15)17-6-4-5-7-18(17)22-25-27-28-26-22/h5-8,10-13H,3-4,9,14H2,1-2H3,(H,25,26,27,28);4-7,9-12,30H,2-3,8,13-14H2,1H3,(H,25,26,27,28). The summed E-state index contributed by atoms with van der Waals surface area (Å²) < 4.78 is 9.59. The zero-order valence-electron chi connectivity index (χ0n) is 33.7. The van der Waals surface area contributed by atoms with E-state index < -0.39 is 0 Å². The number of benzene rings is 4. The Hall–Kier alpha value is -6.22. The van der Waals surface area contributed by atoms with E-state index in [-0.39, 0.29) is 6.61 Å². The van der Waals surface area contributed by atoms with Gasteiger partial charge in [-0.15, -0.1) is 20.4 Å². The highest BCUT2D eigenvalue weighted by molar-refractivity contribution is 6.30. The van der Waals surface area contributed by atoms with Gasteiger partial charge in [0.05, 0.1) is 26.0 Å². The first-order valence-corrected chi connectivity index (χ1v) is 20.7. The van der Waals surface area contributed by atoms with Gasteiger partial charge in [0.15, 0.2) is 10.3 Å². The second kappa shape index (κ2) is 20.2. The second-order valence-corrected chi connectivity index (χ2v) is 14.8. The number of halogens is 2. The number of hydrogen-bond acceptors (Lipinski definition) is 10. The van der Waals surface area contributed by atoms with E-state index in [1.54, 1.807) is 7.11 Å². The van der Waals surface area contributed by atoms with Crippen LogP contribution in [0.15, 0.2) is 97.1 Å². The van der Waals surface area contributed by atoms with Crippen LogP contribution < -0.4 is 4.74 Å². The van der Waals surface area contributed by atoms with E-state index in [9.17, 15) is 5.11 Å². The van der Waals surface area contributed by atoms with Gasteiger partial charge in [0.1, 0.15) is 11.6 Å². The van der Waals surface area contributed by atoms with Crippen molar-refractivity contribution in [3.8, 4) is 50.9 Å². The number of aliphatic hydroxyl groups is 1. The summed E-state index contributed by atoms with van der Waals surface area (Å²) in [7, 11) is 1.63. The number of imidazole rings is 2. The lowest BCUT2D eigenvalue weighted by Crippen LogP contribution is -2.09. The highest BCUT2D eigenvalue weighted by atomic mass is 35.5. The summed E-state index contributed by atoms with van der Waals surface area (Å²) in [4.78, 5) is 8.97. The summed E-state index contributed by atoms with van der Waals surface area (Å²) >= 11 is 12.5. The number of aromatic nitrogens is 12. The fourth-order valence-electron chi connectivity index (χ4n) is 7.06. The number of aryl methyl sites for hydroxylation is 2. The molecule has 0 unspecified atom stereocenters. The molecule has 0 aliphatic rings. The Morgan fingerprint density at radius 2 is 1.05 bits per heavy atom. The van der Waals surface area contributed by atoms with Gasteiger partial charge in [0, 0.05) is 30.5 Å². The van der Waals surface area contributed by atoms with Gasteiger partial charge in [-0.1, -0.05) is 147 Å². The number of aliphatic hydroxyl groups excluding tert-OH is 1. The molecule has 0 atom stereocenters. The topological polar surface area (TPSA) is 174 Å². The van der Waals surface area contributed by atoms with Gasteiger partial charge in [0.25, 0.3) is 0 Å². The monoisotopic (exact) mass is 844 g/mol. The Morgan fingerprint density at radius 3 is 1.48 bits per heavy atom. The minimum atomic E-state index is -0.131. The van der Waals surface area contributed by atoms with Crippen LogP contribution in [-0.4, -0.2) is 72.6 Å². The molecule has 16 heteroatoms. The quantitative estimate of drug-likeness (QED) is 0.0852. The van der Waals surface area contributed by atoms with E-state index in [1.807, 2.05) is 47.0 Å². The molecule has 0 spiro atoms. The first-order chi connectivity index (χ1) is 29.4. The van der Waals surface area contributed by atoms with Crippen LogP contribution in [0.1, 0.15) is 68.0 Å². The molecule has 0 aliphatic carbocycles. The van der Waals surface area contributed by atoms with Gasteiger partial charge >= 0.3 is 0 Å². The maximum atomic E-state index is 9.77. The van der Waals surface area contributed by atoms with E-state index >= 15 is 0 Å². The van der Waals surface area contributed by atoms with Crippen molar-refractivity contribution in [2.75, 3.05) is 7.11 Å². The van der Waals surface area contributed by atoms with Crippen molar-refractivity contribution >= 4 is 23.2 Å². The zero-order valence-corrected chi connectivity index (χ0v) is 35.2. The molecule has 0 fully saturated rings. The number of tetrazole rings is 2. The van der Waals surface area contributed by atoms with Crippen molar-refractivity contribution in [2.24, 2.45) is 0 Å². The van der Waals surface area contributed by atoms with Gasteiger partial charge in [-0.25, -0.2) is 9.97 Å². The number of rotatable bonds is 16. The fraction of sp³-hybridized carbons (Fsp3) is 0.273. The molecule has 60 heavy (non-hydrogen) atoms. The molecule has 0 saturated carbocycles. The Balaban J connectivity index is 0.000000181. The Labute approximate surface area is 358 Å². The third-order valence-electron chi connectivity index (χ3n) is 10.2. The summed E-state index contributed by atoms with van der Waals surface area (Å²) in [5.74, 6) is 3.61. The number of nitrogens with one attached hydrogen (secondary N) is 2.